The molecule has 0 radical (unpaired) electrons. The van der Waals surface area contributed by atoms with Gasteiger partial charge in [0.2, 0.25) is 0 Å². The number of hydroxylamine groups is 1. The number of amides is 1. The Kier molecular flexibility index (Phi) is 6.27. The molecule has 2 rings (SSSR count). The van der Waals surface area contributed by atoms with E-state index in [9.17, 15) is 18.3 Å². The van der Waals surface area contributed by atoms with Crippen molar-refractivity contribution in [3.8, 4) is 11.1 Å². The molecule has 0 saturated heterocycles. The molecule has 8 heteroatoms. The van der Waals surface area contributed by atoms with Gasteiger partial charge in [0.25, 0.3) is 5.91 Å². The Hall–Kier alpha value is -2.26. The van der Waals surface area contributed by atoms with Crippen LogP contribution >= 0.6 is 0 Å². The van der Waals surface area contributed by atoms with Crippen molar-refractivity contribution in [1.82, 2.24) is 10.8 Å². The first kappa shape index (κ1) is 19.1. The van der Waals surface area contributed by atoms with E-state index in [0.717, 1.165) is 11.1 Å². The molecule has 2 aromatic carbocycles. The lowest BCUT2D eigenvalue weighted by molar-refractivity contribution is -0.133. The van der Waals surface area contributed by atoms with Gasteiger partial charge < -0.3 is 5.11 Å². The standard InChI is InChI=1S/C17H20N2O5S/c1-12(20)16(17(21)19-22)18-11-25(23,24)15-9-7-14(8-10-15)13-5-3-2-4-6-13/h2-10,12,16,18,20,22H,11H2,1H3,(H,19,21)/t12-,16+/m1/s1. The largest absolute Gasteiger partial charge is 0.391 e. The monoisotopic (exact) mass is 364 g/mol. The first-order chi connectivity index (χ1) is 11.8. The zero-order valence-corrected chi connectivity index (χ0v) is 14.4. The van der Waals surface area contributed by atoms with E-state index in [1.165, 1.54) is 24.5 Å². The number of carbonyl (C=O) groups excluding carboxylic acids is 1. The summed E-state index contributed by atoms with van der Waals surface area (Å²) in [5.74, 6) is -1.47. The van der Waals surface area contributed by atoms with Crippen molar-refractivity contribution in [3.63, 3.8) is 0 Å². The highest BCUT2D eigenvalue weighted by molar-refractivity contribution is 7.91. The molecule has 0 heterocycles. The maximum atomic E-state index is 12.4. The maximum absolute atomic E-state index is 12.4. The fourth-order valence-corrected chi connectivity index (χ4v) is 3.44. The number of rotatable bonds is 7. The average molecular weight is 364 g/mol. The molecule has 7 nitrogen and oxygen atoms in total. The van der Waals surface area contributed by atoms with Gasteiger partial charge in [-0.15, -0.1) is 0 Å². The lowest BCUT2D eigenvalue weighted by atomic mass is 10.1. The summed E-state index contributed by atoms with van der Waals surface area (Å²) in [6.07, 6.45) is -1.18. The Balaban J connectivity index is 2.13. The summed E-state index contributed by atoms with van der Waals surface area (Å²) in [6, 6.07) is 14.7. The number of aliphatic hydroxyl groups excluding tert-OH is 1. The Bertz CT molecular complexity index is 805. The number of hydrogen-bond acceptors (Lipinski definition) is 6. The van der Waals surface area contributed by atoms with Crippen LogP contribution in [0.3, 0.4) is 0 Å². The Morgan fingerprint density at radius 2 is 1.60 bits per heavy atom. The second-order valence-corrected chi connectivity index (χ2v) is 7.54. The molecule has 0 aliphatic carbocycles. The van der Waals surface area contributed by atoms with Crippen molar-refractivity contribution >= 4 is 15.7 Å². The zero-order valence-electron chi connectivity index (χ0n) is 13.6. The third-order valence-corrected chi connectivity index (χ3v) is 5.23. The second kappa shape index (κ2) is 8.21. The minimum absolute atomic E-state index is 0.0911. The molecule has 134 valence electrons. The van der Waals surface area contributed by atoms with Gasteiger partial charge in [-0.05, 0) is 30.2 Å². The van der Waals surface area contributed by atoms with Crippen LogP contribution in [0, 0.1) is 0 Å². The smallest absolute Gasteiger partial charge is 0.263 e. The van der Waals surface area contributed by atoms with Gasteiger partial charge in [-0.1, -0.05) is 42.5 Å². The van der Waals surface area contributed by atoms with Crippen LogP contribution in [0.15, 0.2) is 59.5 Å². The van der Waals surface area contributed by atoms with Gasteiger partial charge in [0.05, 0.1) is 11.0 Å². The van der Waals surface area contributed by atoms with E-state index in [1.54, 1.807) is 12.1 Å². The predicted molar refractivity (Wildman–Crippen MR) is 92.5 cm³/mol. The highest BCUT2D eigenvalue weighted by Gasteiger charge is 2.25. The van der Waals surface area contributed by atoms with Crippen LogP contribution < -0.4 is 10.8 Å². The average Bonchev–Trinajstić information content (AvgIpc) is 2.62. The third kappa shape index (κ3) is 4.86. The van der Waals surface area contributed by atoms with Crippen molar-refractivity contribution in [1.29, 1.82) is 0 Å². The minimum Gasteiger partial charge on any atom is -0.391 e. The Morgan fingerprint density at radius 1 is 1.04 bits per heavy atom. The number of sulfone groups is 1. The maximum Gasteiger partial charge on any atom is 0.263 e. The first-order valence-electron chi connectivity index (χ1n) is 7.59. The SMILES string of the molecule is C[C@@H](O)[C@H](NCS(=O)(=O)c1ccc(-c2ccccc2)cc1)C(=O)NO. The minimum atomic E-state index is -3.71. The van der Waals surface area contributed by atoms with Crippen molar-refractivity contribution in [3.05, 3.63) is 54.6 Å². The number of aliphatic hydroxyl groups is 1. The lowest BCUT2D eigenvalue weighted by Gasteiger charge is -2.19. The molecular weight excluding hydrogens is 344 g/mol. The molecule has 0 aliphatic rings. The molecule has 0 bridgehead atoms. The summed E-state index contributed by atoms with van der Waals surface area (Å²) in [4.78, 5) is 11.5. The second-order valence-electron chi connectivity index (χ2n) is 5.55. The lowest BCUT2D eigenvalue weighted by Crippen LogP contribution is -2.50. The number of benzene rings is 2. The van der Waals surface area contributed by atoms with E-state index in [2.05, 4.69) is 5.32 Å². The summed E-state index contributed by atoms with van der Waals surface area (Å²) < 4.78 is 24.8. The zero-order chi connectivity index (χ0) is 18.4. The van der Waals surface area contributed by atoms with Gasteiger partial charge in [0, 0.05) is 0 Å². The van der Waals surface area contributed by atoms with Gasteiger partial charge in [0.15, 0.2) is 9.84 Å². The van der Waals surface area contributed by atoms with Gasteiger partial charge in [-0.25, -0.2) is 13.9 Å². The van der Waals surface area contributed by atoms with Crippen LogP contribution in [0.1, 0.15) is 6.92 Å². The molecule has 0 unspecified atom stereocenters. The molecule has 0 spiro atoms. The van der Waals surface area contributed by atoms with E-state index >= 15 is 0 Å². The number of carbonyl (C=O) groups is 1. The van der Waals surface area contributed by atoms with E-state index in [-0.39, 0.29) is 4.90 Å². The van der Waals surface area contributed by atoms with Crippen LogP contribution in [-0.4, -0.2) is 42.7 Å². The van der Waals surface area contributed by atoms with E-state index < -0.39 is 33.8 Å². The van der Waals surface area contributed by atoms with E-state index in [4.69, 9.17) is 5.21 Å². The van der Waals surface area contributed by atoms with Gasteiger partial charge in [-0.3, -0.25) is 15.3 Å². The molecule has 0 aromatic heterocycles. The van der Waals surface area contributed by atoms with Crippen LogP contribution in [0.2, 0.25) is 0 Å². The van der Waals surface area contributed by atoms with E-state index in [0.29, 0.717) is 0 Å². The molecule has 1 amide bonds. The van der Waals surface area contributed by atoms with Crippen molar-refractivity contribution in [2.75, 3.05) is 5.88 Å². The van der Waals surface area contributed by atoms with Crippen LogP contribution in [0.25, 0.3) is 11.1 Å². The van der Waals surface area contributed by atoms with Crippen molar-refractivity contribution in [2.24, 2.45) is 0 Å². The van der Waals surface area contributed by atoms with Gasteiger partial charge in [0.1, 0.15) is 11.9 Å². The highest BCUT2D eigenvalue weighted by atomic mass is 32.2. The molecule has 0 fully saturated rings. The summed E-state index contributed by atoms with van der Waals surface area (Å²) in [5.41, 5.74) is 3.25. The van der Waals surface area contributed by atoms with Crippen LogP contribution in [0.5, 0.6) is 0 Å². The third-order valence-electron chi connectivity index (χ3n) is 3.69. The first-order valence-corrected chi connectivity index (χ1v) is 9.24. The molecule has 25 heavy (non-hydrogen) atoms. The molecule has 2 atom stereocenters. The van der Waals surface area contributed by atoms with Crippen molar-refractivity contribution < 1.29 is 23.5 Å². The number of hydrogen-bond donors (Lipinski definition) is 4. The fourth-order valence-electron chi connectivity index (χ4n) is 2.32. The van der Waals surface area contributed by atoms with Crippen molar-refractivity contribution in [2.45, 2.75) is 24.0 Å². The fraction of sp³-hybridized carbons (Fsp3) is 0.235. The summed E-state index contributed by atoms with van der Waals surface area (Å²) in [7, 11) is -3.71. The molecule has 2 aromatic rings. The van der Waals surface area contributed by atoms with Gasteiger partial charge >= 0.3 is 0 Å². The predicted octanol–water partition coefficient (Wildman–Crippen LogP) is 0.929. The summed E-state index contributed by atoms with van der Waals surface area (Å²) in [6.45, 7) is 1.31. The highest BCUT2D eigenvalue weighted by Crippen LogP contribution is 2.21. The van der Waals surface area contributed by atoms with Crippen LogP contribution in [0.4, 0.5) is 0 Å². The normalized spacial score (nSPS) is 13.9. The van der Waals surface area contributed by atoms with E-state index in [1.807, 2.05) is 30.3 Å². The Morgan fingerprint density at radius 3 is 2.12 bits per heavy atom. The van der Waals surface area contributed by atoms with Gasteiger partial charge in [-0.2, -0.15) is 0 Å². The molecule has 0 saturated carbocycles. The molecule has 0 aliphatic heterocycles. The molecule has 4 N–H and O–H groups in total. The Labute approximate surface area is 146 Å². The summed E-state index contributed by atoms with van der Waals surface area (Å²) >= 11 is 0. The molecular formula is C17H20N2O5S. The topological polar surface area (TPSA) is 116 Å². The summed E-state index contributed by atoms with van der Waals surface area (Å²) in [5, 5.41) is 20.6. The number of nitrogens with one attached hydrogen (secondary N) is 2. The van der Waals surface area contributed by atoms with Crippen LogP contribution in [-0.2, 0) is 14.6 Å². The quantitative estimate of drug-likeness (QED) is 0.429.